The minimum absolute atomic E-state index is 0.0130. The summed E-state index contributed by atoms with van der Waals surface area (Å²) in [7, 11) is -0.835. The second-order valence-electron chi connectivity index (χ2n) is 14.6. The van der Waals surface area contributed by atoms with E-state index in [1.54, 1.807) is 12.1 Å². The molecule has 0 aliphatic carbocycles. The third kappa shape index (κ3) is 7.26. The van der Waals surface area contributed by atoms with Gasteiger partial charge in [-0.25, -0.2) is 4.79 Å². The van der Waals surface area contributed by atoms with Crippen LogP contribution in [0.1, 0.15) is 86.0 Å². The van der Waals surface area contributed by atoms with Crippen molar-refractivity contribution in [1.82, 2.24) is 0 Å². The highest BCUT2D eigenvalue weighted by atomic mass is 32.0. The molecule has 8 nitrogen and oxygen atoms in total. The molecule has 12 atom stereocenters. The van der Waals surface area contributed by atoms with Crippen LogP contribution in [0.5, 0.6) is 0 Å². The largest absolute Gasteiger partial charge is 0.450 e. The summed E-state index contributed by atoms with van der Waals surface area (Å²) in [4.78, 5) is 13.3. The number of esters is 1. The Labute approximate surface area is 263 Å². The maximum absolute atomic E-state index is 13.3. The van der Waals surface area contributed by atoms with Crippen LogP contribution in [0.15, 0.2) is 30.3 Å². The van der Waals surface area contributed by atoms with Gasteiger partial charge in [-0.15, -0.1) is 0 Å². The number of hydrogen-bond acceptors (Lipinski definition) is 8. The van der Waals surface area contributed by atoms with Crippen LogP contribution in [-0.2, 0) is 32.3 Å². The molecule has 0 saturated carbocycles. The van der Waals surface area contributed by atoms with E-state index in [4.69, 9.17) is 32.3 Å². The summed E-state index contributed by atoms with van der Waals surface area (Å²) in [6, 6.07) is 9.00. The average molecular weight is 657 g/mol. The summed E-state index contributed by atoms with van der Waals surface area (Å²) in [5, 5.41) is -0.226. The van der Waals surface area contributed by atoms with Crippen LogP contribution >= 0.6 is 16.8 Å². The molecule has 3 aliphatic heterocycles. The Balaban J connectivity index is 1.60. The standard InChI is InChI=1S/C32H54O8P2Si/c1-12-19(2)24-26(27(30(37-24)39-42(11)41)36-28(33)22-16-14-13-15-17-22)38-29-21(4)20(3)25-23(35-29)18-34-43(40-25,31(5,6)7)32(8,9)10/h13-17,19-21,23-27,29-30H,12,18,41H2,1-11H3/t19-,20-,21?,23?,24+,25-,26?,27+,29-,30+,42?/m1/s1. The zero-order valence-electron chi connectivity index (χ0n) is 27.9. The average Bonchev–Trinajstić information content (AvgIpc) is 3.25. The highest BCUT2D eigenvalue weighted by Gasteiger charge is 2.64. The predicted octanol–water partition coefficient (Wildman–Crippen LogP) is 7.66. The number of benzene rings is 1. The lowest BCUT2D eigenvalue weighted by molar-refractivity contribution is -0.299. The first-order valence-corrected chi connectivity index (χ1v) is 20.8. The van der Waals surface area contributed by atoms with E-state index in [0.717, 1.165) is 6.42 Å². The molecule has 11 heteroatoms. The maximum atomic E-state index is 13.3. The molecule has 0 N–H and O–H groups in total. The molecule has 244 valence electrons. The van der Waals surface area contributed by atoms with Gasteiger partial charge in [0.15, 0.2) is 12.4 Å². The van der Waals surface area contributed by atoms with Gasteiger partial charge in [-0.1, -0.05) is 103 Å². The van der Waals surface area contributed by atoms with Gasteiger partial charge in [0.2, 0.25) is 6.29 Å². The van der Waals surface area contributed by atoms with Gasteiger partial charge in [0, 0.05) is 23.8 Å². The van der Waals surface area contributed by atoms with Gasteiger partial charge in [0.1, 0.15) is 12.2 Å². The maximum Gasteiger partial charge on any atom is 0.349 e. The van der Waals surface area contributed by atoms with Crippen molar-refractivity contribution in [3.05, 3.63) is 35.9 Å². The Morgan fingerprint density at radius 1 is 1.02 bits per heavy atom. The zero-order chi connectivity index (χ0) is 31.9. The molecule has 0 spiro atoms. The van der Waals surface area contributed by atoms with Crippen molar-refractivity contribution in [2.45, 2.75) is 129 Å². The second kappa shape index (κ2) is 13.7. The van der Waals surface area contributed by atoms with Crippen molar-refractivity contribution in [1.29, 1.82) is 0 Å². The Morgan fingerprint density at radius 3 is 2.21 bits per heavy atom. The molecule has 1 aromatic rings. The number of ether oxygens (including phenoxy) is 4. The fraction of sp³-hybridized carbons (Fsp3) is 0.781. The molecule has 43 heavy (non-hydrogen) atoms. The Kier molecular flexibility index (Phi) is 11.3. The topological polar surface area (TPSA) is 81.7 Å². The van der Waals surface area contributed by atoms with E-state index in [-0.39, 0.29) is 46.1 Å². The zero-order valence-corrected chi connectivity index (χ0v) is 30.9. The first kappa shape index (κ1) is 35.4. The van der Waals surface area contributed by atoms with Crippen LogP contribution in [0.4, 0.5) is 0 Å². The summed E-state index contributed by atoms with van der Waals surface area (Å²) >= 11 is 0. The molecule has 4 rings (SSSR count). The minimum Gasteiger partial charge on any atom is -0.450 e. The van der Waals surface area contributed by atoms with Crippen molar-refractivity contribution >= 4 is 31.3 Å². The van der Waals surface area contributed by atoms with Gasteiger partial charge in [-0.3, -0.25) is 0 Å². The van der Waals surface area contributed by atoms with Crippen molar-refractivity contribution in [2.75, 3.05) is 13.3 Å². The van der Waals surface area contributed by atoms with Crippen molar-refractivity contribution in [2.24, 2.45) is 17.8 Å². The van der Waals surface area contributed by atoms with Gasteiger partial charge in [-0.2, -0.15) is 0 Å². The lowest BCUT2D eigenvalue weighted by Gasteiger charge is -2.58. The summed E-state index contributed by atoms with van der Waals surface area (Å²) in [6.45, 7) is 24.5. The molecule has 3 aliphatic rings. The van der Waals surface area contributed by atoms with Crippen LogP contribution in [0.25, 0.3) is 0 Å². The van der Waals surface area contributed by atoms with E-state index in [1.807, 2.05) is 24.9 Å². The molecular weight excluding hydrogens is 602 g/mol. The summed E-state index contributed by atoms with van der Waals surface area (Å²) < 4.78 is 46.2. The molecule has 1 aromatic carbocycles. The highest BCUT2D eigenvalue weighted by Crippen LogP contribution is 2.56. The Bertz CT molecular complexity index is 1060. The fourth-order valence-corrected chi connectivity index (χ4v) is 12.8. The van der Waals surface area contributed by atoms with Gasteiger partial charge in [-0.05, 0) is 30.6 Å². The van der Waals surface area contributed by atoms with Gasteiger partial charge < -0.3 is 32.3 Å². The Hall–Kier alpha value is -0.473. The molecule has 3 saturated heterocycles. The van der Waals surface area contributed by atoms with Crippen LogP contribution in [-0.4, -0.2) is 70.9 Å². The Morgan fingerprint density at radius 2 is 1.65 bits per heavy atom. The third-order valence-electron chi connectivity index (χ3n) is 9.41. The smallest absolute Gasteiger partial charge is 0.349 e. The van der Waals surface area contributed by atoms with Crippen molar-refractivity contribution in [3.63, 3.8) is 0 Å². The van der Waals surface area contributed by atoms with Crippen LogP contribution in [0.2, 0.25) is 10.1 Å². The third-order valence-corrected chi connectivity index (χ3v) is 15.4. The molecule has 0 bridgehead atoms. The summed E-state index contributed by atoms with van der Waals surface area (Å²) in [6.07, 6.45) is -2.48. The van der Waals surface area contributed by atoms with Gasteiger partial charge in [0.25, 0.3) is 0 Å². The van der Waals surface area contributed by atoms with Crippen LogP contribution < -0.4 is 0 Å². The second-order valence-corrected chi connectivity index (χ2v) is 22.9. The fourth-order valence-electron chi connectivity index (χ4n) is 6.86. The lowest BCUT2D eigenvalue weighted by Crippen LogP contribution is -2.68. The first-order chi connectivity index (χ1) is 20.0. The summed E-state index contributed by atoms with van der Waals surface area (Å²) in [5.74, 6) is -0.128. The lowest BCUT2D eigenvalue weighted by atomic mass is 9.84. The molecule has 0 amide bonds. The molecule has 3 heterocycles. The first-order valence-electron chi connectivity index (χ1n) is 15.7. The summed E-state index contributed by atoms with van der Waals surface area (Å²) in [5.41, 5.74) is 0.470. The highest BCUT2D eigenvalue weighted by molar-refractivity contribution is 8.10. The van der Waals surface area contributed by atoms with Crippen LogP contribution in [0, 0.1) is 17.8 Å². The van der Waals surface area contributed by atoms with E-state index >= 15 is 0 Å². The van der Waals surface area contributed by atoms with Crippen molar-refractivity contribution in [3.8, 4) is 0 Å². The number of rotatable bonds is 8. The van der Waals surface area contributed by atoms with Crippen molar-refractivity contribution < 1.29 is 37.1 Å². The molecule has 5 unspecified atom stereocenters. The van der Waals surface area contributed by atoms with Gasteiger partial charge in [0.05, 0.1) is 24.4 Å². The molecule has 3 fully saturated rings. The van der Waals surface area contributed by atoms with E-state index in [2.05, 4.69) is 78.2 Å². The molecule has 0 aromatic heterocycles. The van der Waals surface area contributed by atoms with E-state index in [9.17, 15) is 4.79 Å². The molecular formula is C32H54O8P2Si. The predicted molar refractivity (Wildman–Crippen MR) is 175 cm³/mol. The number of fused-ring (bicyclic) bond motifs is 1. The van der Waals surface area contributed by atoms with Crippen LogP contribution in [0.3, 0.4) is 0 Å². The van der Waals surface area contributed by atoms with E-state index < -0.39 is 47.2 Å². The minimum atomic E-state index is -2.66. The number of carbonyl (C=O) groups is 1. The van der Waals surface area contributed by atoms with E-state index in [0.29, 0.717) is 12.2 Å². The quantitative estimate of drug-likeness (QED) is 0.160. The number of hydrogen-bond donors (Lipinski definition) is 0. The SMILES string of the molecule is CC[C@@H](C)[C@@H]1O[C@@H](OP(C)P)[C@@H](OC(=O)c2ccccc2)C1O[C@H]1OC2CO[Si](C(C)(C)C)(C(C)(C)C)O[C@@H]2[C@H](C)C1C. The van der Waals surface area contributed by atoms with Gasteiger partial charge >= 0.3 is 14.5 Å². The molecule has 0 radical (unpaired) electrons. The monoisotopic (exact) mass is 656 g/mol. The normalized spacial score (nSPS) is 36.0. The van der Waals surface area contributed by atoms with E-state index in [1.165, 1.54) is 0 Å². The number of carbonyl (C=O) groups excluding carboxylic acids is 1.